The number of halogens is 5. The molecule has 0 aliphatic heterocycles. The minimum Gasteiger partial charge on any atom is -0.355 e. The van der Waals surface area contributed by atoms with E-state index in [1.165, 1.54) is 11.1 Å². The summed E-state index contributed by atoms with van der Waals surface area (Å²) in [5, 5.41) is 24.2. The Labute approximate surface area is 431 Å². The van der Waals surface area contributed by atoms with E-state index in [1.54, 1.807) is 21.7 Å². The Bertz CT molecular complexity index is 3310. The summed E-state index contributed by atoms with van der Waals surface area (Å²) in [6.07, 6.45) is 0. The highest BCUT2D eigenvalue weighted by Crippen LogP contribution is 2.42. The lowest BCUT2D eigenvalue weighted by Crippen LogP contribution is -2.11. The number of para-hydroxylation sites is 2. The number of hydrogen-bond donors (Lipinski definition) is 1. The first-order valence-electron chi connectivity index (χ1n) is 22.2. The van der Waals surface area contributed by atoms with E-state index in [0.29, 0.717) is 20.1 Å². The van der Waals surface area contributed by atoms with E-state index in [4.69, 9.17) is 56.6 Å². The Kier molecular flexibility index (Phi) is 15.1. The molecule has 2 aromatic heterocycles. The van der Waals surface area contributed by atoms with Crippen LogP contribution in [0.4, 0.5) is 28.4 Å². The van der Waals surface area contributed by atoms with Crippen LogP contribution in [0.25, 0.3) is 33.4 Å². The van der Waals surface area contributed by atoms with Crippen molar-refractivity contribution in [2.45, 2.75) is 52.4 Å². The fraction of sp³-hybridized carbons (Fsp3) is 0.143. The highest BCUT2D eigenvalue weighted by molar-refractivity contribution is 9.10. The molecule has 0 spiro atoms. The average Bonchev–Trinajstić information content (AvgIpc) is 3.97. The third-order valence-corrected chi connectivity index (χ3v) is 13.6. The first kappa shape index (κ1) is 49.2. The summed E-state index contributed by atoms with van der Waals surface area (Å²) in [6, 6.07) is 60.1. The largest absolute Gasteiger partial charge is 0.355 e. The van der Waals surface area contributed by atoms with Crippen molar-refractivity contribution in [3.63, 3.8) is 0 Å². The molecule has 10 aromatic rings. The zero-order valence-corrected chi connectivity index (χ0v) is 43.5. The van der Waals surface area contributed by atoms with E-state index in [-0.39, 0.29) is 10.8 Å². The summed E-state index contributed by atoms with van der Waals surface area (Å²) in [5.74, 6) is 0. The molecule has 0 unspecified atom stereocenters. The molecule has 10 rings (SSSR count). The quantitative estimate of drug-likeness (QED) is 0.160. The van der Waals surface area contributed by atoms with Crippen molar-refractivity contribution in [1.29, 1.82) is 0 Å². The van der Waals surface area contributed by atoms with Gasteiger partial charge in [-0.3, -0.25) is 0 Å². The van der Waals surface area contributed by atoms with E-state index in [1.807, 2.05) is 121 Å². The molecule has 8 aromatic carbocycles. The summed E-state index contributed by atoms with van der Waals surface area (Å²) in [5.41, 5.74) is 12.8. The lowest BCUT2D eigenvalue weighted by molar-refractivity contribution is 0.589. The lowest BCUT2D eigenvalue weighted by Gasteiger charge is -2.26. The average molecular weight is 1060 g/mol. The second kappa shape index (κ2) is 21.2. The Morgan fingerprint density at radius 1 is 0.435 bits per heavy atom. The number of nitrogens with one attached hydrogen (secondary N) is 1. The smallest absolute Gasteiger partial charge is 0.115 e. The maximum atomic E-state index is 6.63. The standard InChI is InChI=1S/C28H24Cl2N4.C22H22N4.C6H3BrCl2/c1-28(2,3)19-12-14-21(15-13-19)34-31-24-17-16-22(18-25(24)32-34)33(20-8-5-4-6-9-20)26-11-7-10-23(29)27(26)30;1-22(2,3)16-9-12-19(13-10-16)26-24-20-14-11-18(15-21(20)25-26)23-17-7-5-4-6-8-17;7-4-2-1-3-5(8)6(4)9/h4-18H,1-3H3;4-15,23H,1-3H3;1-3H. The molecule has 0 radical (unpaired) electrons. The molecule has 0 bridgehead atoms. The lowest BCUT2D eigenvalue weighted by atomic mass is 9.87. The van der Waals surface area contributed by atoms with E-state index < -0.39 is 0 Å². The van der Waals surface area contributed by atoms with Crippen LogP contribution in [0.1, 0.15) is 52.7 Å². The number of fused-ring (bicyclic) bond motifs is 2. The molecule has 348 valence electrons. The van der Waals surface area contributed by atoms with Gasteiger partial charge in [0.2, 0.25) is 0 Å². The zero-order chi connectivity index (χ0) is 48.9. The normalized spacial score (nSPS) is 11.4. The van der Waals surface area contributed by atoms with E-state index in [0.717, 1.165) is 66.4 Å². The summed E-state index contributed by atoms with van der Waals surface area (Å²) >= 11 is 27.6. The fourth-order valence-corrected chi connectivity index (χ4v) is 8.45. The van der Waals surface area contributed by atoms with Crippen molar-refractivity contribution < 1.29 is 0 Å². The SMILES string of the molecule is CC(C)(C)c1ccc(-n2nc3ccc(N(c4ccccc4)c4cccc(Cl)c4Cl)cc3n2)cc1.CC(C)(C)c1ccc(-n2nc3ccc(Nc4ccccc4)cc3n2)cc1.Clc1cccc(Br)c1Cl. The predicted octanol–water partition coefficient (Wildman–Crippen LogP) is 17.7. The molecule has 0 amide bonds. The van der Waals surface area contributed by atoms with Crippen LogP contribution in [0.3, 0.4) is 0 Å². The van der Waals surface area contributed by atoms with Gasteiger partial charge in [-0.05, 0) is 147 Å². The van der Waals surface area contributed by atoms with Crippen molar-refractivity contribution >= 4 is 113 Å². The van der Waals surface area contributed by atoms with Crippen LogP contribution in [0.2, 0.25) is 20.1 Å². The Morgan fingerprint density at radius 3 is 1.43 bits per heavy atom. The summed E-state index contributed by atoms with van der Waals surface area (Å²) < 4.78 is 0.830. The van der Waals surface area contributed by atoms with Crippen molar-refractivity contribution in [3.8, 4) is 11.4 Å². The third kappa shape index (κ3) is 12.0. The Balaban J connectivity index is 0.000000161. The zero-order valence-electron chi connectivity index (χ0n) is 38.8. The number of hydrogen-bond acceptors (Lipinski definition) is 6. The Hall–Kier alpha value is -6.20. The van der Waals surface area contributed by atoms with Gasteiger partial charge < -0.3 is 10.2 Å². The highest BCUT2D eigenvalue weighted by atomic mass is 79.9. The maximum absolute atomic E-state index is 6.63. The van der Waals surface area contributed by atoms with Crippen molar-refractivity contribution in [3.05, 3.63) is 218 Å². The molecular formula is C56H49BrCl4N8. The first-order chi connectivity index (χ1) is 33.0. The summed E-state index contributed by atoms with van der Waals surface area (Å²) in [4.78, 5) is 5.45. The molecule has 0 aliphatic carbocycles. The minimum atomic E-state index is 0.0954. The number of rotatable bonds is 7. The van der Waals surface area contributed by atoms with Gasteiger partial charge in [0.25, 0.3) is 0 Å². The predicted molar refractivity (Wildman–Crippen MR) is 294 cm³/mol. The van der Waals surface area contributed by atoms with Gasteiger partial charge in [-0.15, -0.1) is 20.4 Å². The number of benzene rings is 8. The molecule has 0 aliphatic rings. The molecule has 69 heavy (non-hydrogen) atoms. The number of aromatic nitrogens is 6. The van der Waals surface area contributed by atoms with Gasteiger partial charge >= 0.3 is 0 Å². The van der Waals surface area contributed by atoms with Crippen LogP contribution < -0.4 is 10.2 Å². The first-order valence-corrected chi connectivity index (χ1v) is 24.5. The molecule has 0 fully saturated rings. The van der Waals surface area contributed by atoms with Crippen LogP contribution in [0.15, 0.2) is 186 Å². The van der Waals surface area contributed by atoms with E-state index in [2.05, 4.69) is 126 Å². The highest BCUT2D eigenvalue weighted by Gasteiger charge is 2.19. The molecule has 2 heterocycles. The van der Waals surface area contributed by atoms with E-state index in [9.17, 15) is 0 Å². The van der Waals surface area contributed by atoms with Crippen LogP contribution >= 0.6 is 62.3 Å². The van der Waals surface area contributed by atoms with Crippen LogP contribution in [0.5, 0.6) is 0 Å². The number of anilines is 5. The summed E-state index contributed by atoms with van der Waals surface area (Å²) in [6.45, 7) is 13.2. The van der Waals surface area contributed by atoms with Crippen molar-refractivity contribution in [2.24, 2.45) is 0 Å². The van der Waals surface area contributed by atoms with Gasteiger partial charge in [0.15, 0.2) is 0 Å². The topological polar surface area (TPSA) is 76.7 Å². The van der Waals surface area contributed by atoms with Crippen LogP contribution in [-0.4, -0.2) is 30.0 Å². The summed E-state index contributed by atoms with van der Waals surface area (Å²) in [7, 11) is 0. The number of nitrogens with zero attached hydrogens (tertiary/aromatic N) is 7. The van der Waals surface area contributed by atoms with Crippen LogP contribution in [-0.2, 0) is 10.8 Å². The molecule has 0 atom stereocenters. The van der Waals surface area contributed by atoms with E-state index >= 15 is 0 Å². The molecule has 0 saturated heterocycles. The van der Waals surface area contributed by atoms with Gasteiger partial charge in [-0.1, -0.05) is 161 Å². The second-order valence-electron chi connectivity index (χ2n) is 18.2. The molecule has 13 heteroatoms. The minimum absolute atomic E-state index is 0.0954. The Morgan fingerprint density at radius 2 is 0.913 bits per heavy atom. The monoisotopic (exact) mass is 1050 g/mol. The molecular weight excluding hydrogens is 1010 g/mol. The van der Waals surface area contributed by atoms with Gasteiger partial charge in [0, 0.05) is 27.2 Å². The third-order valence-electron chi connectivity index (χ3n) is 11.1. The van der Waals surface area contributed by atoms with Gasteiger partial charge in [0.05, 0.1) is 37.2 Å². The molecule has 8 nitrogen and oxygen atoms in total. The van der Waals surface area contributed by atoms with Crippen LogP contribution in [0, 0.1) is 0 Å². The molecule has 0 saturated carbocycles. The maximum Gasteiger partial charge on any atom is 0.115 e. The van der Waals surface area contributed by atoms with Gasteiger partial charge in [-0.2, -0.15) is 9.59 Å². The van der Waals surface area contributed by atoms with Gasteiger partial charge in [-0.25, -0.2) is 0 Å². The molecule has 1 N–H and O–H groups in total. The van der Waals surface area contributed by atoms with Crippen molar-refractivity contribution in [2.75, 3.05) is 10.2 Å². The second-order valence-corrected chi connectivity index (χ2v) is 20.6. The fourth-order valence-electron chi connectivity index (χ4n) is 7.29. The van der Waals surface area contributed by atoms with Crippen molar-refractivity contribution in [1.82, 2.24) is 30.0 Å². The van der Waals surface area contributed by atoms with Gasteiger partial charge in [0.1, 0.15) is 22.1 Å².